The SMILES string of the molecule is COC1CN(c2cc(F)cc([N+](=O)[O-])c2)CC1OC. The lowest BCUT2D eigenvalue weighted by atomic mass is 10.2. The van der Waals surface area contributed by atoms with Gasteiger partial charge >= 0.3 is 0 Å². The Balaban J connectivity index is 2.25. The molecule has 1 aromatic carbocycles. The van der Waals surface area contributed by atoms with Crippen LogP contribution in [0, 0.1) is 15.9 Å². The van der Waals surface area contributed by atoms with Gasteiger partial charge in [0.2, 0.25) is 0 Å². The van der Waals surface area contributed by atoms with Crippen LogP contribution in [0.4, 0.5) is 15.8 Å². The summed E-state index contributed by atoms with van der Waals surface area (Å²) in [6.45, 7) is 1.02. The number of nitro groups is 1. The van der Waals surface area contributed by atoms with Gasteiger partial charge < -0.3 is 14.4 Å². The first-order valence-corrected chi connectivity index (χ1v) is 5.80. The van der Waals surface area contributed by atoms with Crippen LogP contribution < -0.4 is 4.90 Å². The summed E-state index contributed by atoms with van der Waals surface area (Å²) in [5.41, 5.74) is 0.207. The molecule has 2 unspecified atom stereocenters. The van der Waals surface area contributed by atoms with Gasteiger partial charge in [0.15, 0.2) is 0 Å². The van der Waals surface area contributed by atoms with Crippen LogP contribution in [-0.2, 0) is 9.47 Å². The van der Waals surface area contributed by atoms with Gasteiger partial charge in [0.1, 0.15) is 18.0 Å². The Morgan fingerprint density at radius 1 is 1.26 bits per heavy atom. The Morgan fingerprint density at radius 3 is 2.32 bits per heavy atom. The first-order chi connectivity index (χ1) is 9.05. The number of halogens is 1. The van der Waals surface area contributed by atoms with Crippen LogP contribution in [0.3, 0.4) is 0 Å². The van der Waals surface area contributed by atoms with Crippen molar-refractivity contribution in [2.45, 2.75) is 12.2 Å². The number of hydrogen-bond acceptors (Lipinski definition) is 5. The summed E-state index contributed by atoms with van der Waals surface area (Å²) < 4.78 is 24.0. The fraction of sp³-hybridized carbons (Fsp3) is 0.500. The van der Waals surface area contributed by atoms with Gasteiger partial charge in [-0.3, -0.25) is 10.1 Å². The molecule has 2 rings (SSSR count). The van der Waals surface area contributed by atoms with E-state index >= 15 is 0 Å². The van der Waals surface area contributed by atoms with Crippen molar-refractivity contribution < 1.29 is 18.8 Å². The van der Waals surface area contributed by atoms with E-state index in [1.807, 2.05) is 4.90 Å². The van der Waals surface area contributed by atoms with Crippen LogP contribution in [-0.4, -0.2) is 44.4 Å². The summed E-state index contributed by atoms with van der Waals surface area (Å²) in [6, 6.07) is 3.53. The molecule has 1 fully saturated rings. The number of nitro benzene ring substituents is 1. The maximum absolute atomic E-state index is 13.4. The zero-order valence-corrected chi connectivity index (χ0v) is 10.7. The van der Waals surface area contributed by atoms with Gasteiger partial charge in [0.05, 0.1) is 11.0 Å². The highest BCUT2D eigenvalue weighted by Crippen LogP contribution is 2.27. The smallest absolute Gasteiger partial charge is 0.274 e. The largest absolute Gasteiger partial charge is 0.377 e. The van der Waals surface area contributed by atoms with E-state index in [4.69, 9.17) is 9.47 Å². The number of ether oxygens (including phenoxy) is 2. The average molecular weight is 270 g/mol. The molecular weight excluding hydrogens is 255 g/mol. The third-order valence-electron chi connectivity index (χ3n) is 3.26. The Hall–Kier alpha value is -1.73. The van der Waals surface area contributed by atoms with Crippen LogP contribution in [0.2, 0.25) is 0 Å². The molecule has 2 atom stereocenters. The van der Waals surface area contributed by atoms with E-state index in [9.17, 15) is 14.5 Å². The van der Waals surface area contributed by atoms with E-state index in [0.29, 0.717) is 18.8 Å². The number of methoxy groups -OCH3 is 2. The van der Waals surface area contributed by atoms with Crippen molar-refractivity contribution in [2.24, 2.45) is 0 Å². The first-order valence-electron chi connectivity index (χ1n) is 5.80. The summed E-state index contributed by atoms with van der Waals surface area (Å²) in [4.78, 5) is 11.9. The summed E-state index contributed by atoms with van der Waals surface area (Å²) in [5.74, 6) is -0.626. The summed E-state index contributed by atoms with van der Waals surface area (Å²) >= 11 is 0. The molecule has 0 spiro atoms. The van der Waals surface area contributed by atoms with Gasteiger partial charge in [-0.15, -0.1) is 0 Å². The van der Waals surface area contributed by atoms with Crippen LogP contribution >= 0.6 is 0 Å². The molecule has 0 amide bonds. The summed E-state index contributed by atoms with van der Waals surface area (Å²) in [5, 5.41) is 10.7. The molecule has 6 nitrogen and oxygen atoms in total. The van der Waals surface area contributed by atoms with Crippen molar-refractivity contribution in [1.82, 2.24) is 0 Å². The predicted molar refractivity (Wildman–Crippen MR) is 66.9 cm³/mol. The normalized spacial score (nSPS) is 22.8. The molecule has 1 heterocycles. The Morgan fingerprint density at radius 2 is 1.84 bits per heavy atom. The lowest BCUT2D eigenvalue weighted by molar-refractivity contribution is -0.385. The second-order valence-electron chi connectivity index (χ2n) is 4.38. The highest BCUT2D eigenvalue weighted by molar-refractivity contribution is 5.54. The fourth-order valence-corrected chi connectivity index (χ4v) is 2.25. The van der Waals surface area contributed by atoms with E-state index < -0.39 is 10.7 Å². The van der Waals surface area contributed by atoms with E-state index in [0.717, 1.165) is 6.07 Å². The third-order valence-corrected chi connectivity index (χ3v) is 3.26. The second-order valence-corrected chi connectivity index (χ2v) is 4.38. The zero-order chi connectivity index (χ0) is 14.0. The quantitative estimate of drug-likeness (QED) is 0.614. The molecule has 104 valence electrons. The van der Waals surface area contributed by atoms with Crippen molar-refractivity contribution in [3.05, 3.63) is 34.1 Å². The number of hydrogen-bond donors (Lipinski definition) is 0. The van der Waals surface area contributed by atoms with Gasteiger partial charge in [-0.2, -0.15) is 0 Å². The van der Waals surface area contributed by atoms with E-state index in [1.165, 1.54) is 12.1 Å². The molecule has 19 heavy (non-hydrogen) atoms. The van der Waals surface area contributed by atoms with E-state index in [2.05, 4.69) is 0 Å². The monoisotopic (exact) mass is 270 g/mol. The molecule has 0 N–H and O–H groups in total. The molecule has 1 aliphatic rings. The maximum atomic E-state index is 13.4. The minimum atomic E-state index is -0.626. The molecule has 0 saturated carbocycles. The average Bonchev–Trinajstić information content (AvgIpc) is 2.81. The molecule has 1 aliphatic heterocycles. The predicted octanol–water partition coefficient (Wildman–Crippen LogP) is 1.58. The number of rotatable bonds is 4. The van der Waals surface area contributed by atoms with Crippen LogP contribution in [0.25, 0.3) is 0 Å². The third kappa shape index (κ3) is 2.82. The molecule has 0 aromatic heterocycles. The fourth-order valence-electron chi connectivity index (χ4n) is 2.25. The topological polar surface area (TPSA) is 64.8 Å². The van der Waals surface area contributed by atoms with Gasteiger partial charge in [-0.05, 0) is 6.07 Å². The van der Waals surface area contributed by atoms with Crippen molar-refractivity contribution in [2.75, 3.05) is 32.2 Å². The Kier molecular flexibility index (Phi) is 3.96. The number of nitrogens with zero attached hydrogens (tertiary/aromatic N) is 2. The molecule has 0 radical (unpaired) electrons. The van der Waals surface area contributed by atoms with Crippen molar-refractivity contribution in [3.63, 3.8) is 0 Å². The van der Waals surface area contributed by atoms with Gasteiger partial charge in [0.25, 0.3) is 5.69 Å². The lowest BCUT2D eigenvalue weighted by Gasteiger charge is -2.17. The van der Waals surface area contributed by atoms with E-state index in [1.54, 1.807) is 14.2 Å². The maximum Gasteiger partial charge on any atom is 0.274 e. The molecule has 0 bridgehead atoms. The summed E-state index contributed by atoms with van der Waals surface area (Å²) in [6.07, 6.45) is -0.264. The molecular formula is C12H15FN2O4. The number of anilines is 1. The van der Waals surface area contributed by atoms with E-state index in [-0.39, 0.29) is 17.9 Å². The minimum absolute atomic E-state index is 0.132. The standard InChI is InChI=1S/C12H15FN2O4/c1-18-11-6-14(7-12(11)19-2)9-3-8(13)4-10(5-9)15(16)17/h3-5,11-12H,6-7H2,1-2H3. The second kappa shape index (κ2) is 5.50. The van der Waals surface area contributed by atoms with Gasteiger partial charge in [0, 0.05) is 39.1 Å². The molecule has 7 heteroatoms. The Labute approximate surface area is 109 Å². The van der Waals surface area contributed by atoms with Crippen molar-refractivity contribution >= 4 is 11.4 Å². The van der Waals surface area contributed by atoms with Crippen LogP contribution in [0.1, 0.15) is 0 Å². The minimum Gasteiger partial charge on any atom is -0.377 e. The van der Waals surface area contributed by atoms with Crippen molar-refractivity contribution in [1.29, 1.82) is 0 Å². The van der Waals surface area contributed by atoms with Crippen molar-refractivity contribution in [3.8, 4) is 0 Å². The highest BCUT2D eigenvalue weighted by atomic mass is 19.1. The van der Waals surface area contributed by atoms with Crippen LogP contribution in [0.15, 0.2) is 18.2 Å². The zero-order valence-electron chi connectivity index (χ0n) is 10.7. The molecule has 1 saturated heterocycles. The number of non-ortho nitro benzene ring substituents is 1. The highest BCUT2D eigenvalue weighted by Gasteiger charge is 2.33. The van der Waals surface area contributed by atoms with Gasteiger partial charge in [-0.1, -0.05) is 0 Å². The number of benzene rings is 1. The summed E-state index contributed by atoms with van der Waals surface area (Å²) in [7, 11) is 3.16. The molecule has 0 aliphatic carbocycles. The first kappa shape index (κ1) is 13.7. The molecule has 1 aromatic rings. The Bertz CT molecular complexity index is 471. The van der Waals surface area contributed by atoms with Crippen LogP contribution in [0.5, 0.6) is 0 Å². The van der Waals surface area contributed by atoms with Gasteiger partial charge in [-0.25, -0.2) is 4.39 Å². The lowest BCUT2D eigenvalue weighted by Crippen LogP contribution is -2.27.